The molecule has 0 radical (unpaired) electrons. The minimum absolute atomic E-state index is 0.560. The molecule has 0 aliphatic rings. The molecule has 0 aliphatic carbocycles. The van der Waals surface area contributed by atoms with Crippen LogP contribution in [0, 0.1) is 6.92 Å². The van der Waals surface area contributed by atoms with Crippen LogP contribution in [0.15, 0.2) is 41.2 Å². The van der Waals surface area contributed by atoms with Crippen LogP contribution in [0.2, 0.25) is 0 Å². The molecule has 0 saturated heterocycles. The summed E-state index contributed by atoms with van der Waals surface area (Å²) in [5.74, 6) is 0.560. The van der Waals surface area contributed by atoms with Gasteiger partial charge in [0.1, 0.15) is 5.52 Å². The lowest BCUT2D eigenvalue weighted by molar-refractivity contribution is 0.607. The van der Waals surface area contributed by atoms with Gasteiger partial charge in [-0.2, -0.15) is 0 Å². The third kappa shape index (κ3) is 1.35. The van der Waals surface area contributed by atoms with E-state index < -0.39 is 0 Å². The second-order valence-electron chi connectivity index (χ2n) is 3.54. The van der Waals surface area contributed by atoms with Gasteiger partial charge in [-0.15, -0.1) is 0 Å². The van der Waals surface area contributed by atoms with Crippen LogP contribution in [0.25, 0.3) is 22.7 Å². The Morgan fingerprint density at radius 2 is 2.12 bits per heavy atom. The molecule has 3 aromatic heterocycles. The Morgan fingerprint density at radius 3 is 2.88 bits per heavy atom. The van der Waals surface area contributed by atoms with Crippen LogP contribution < -0.4 is 0 Å². The highest BCUT2D eigenvalue weighted by atomic mass is 16.4. The quantitative estimate of drug-likeness (QED) is 0.620. The molecular weight excluding hydrogens is 202 g/mol. The van der Waals surface area contributed by atoms with Crippen molar-refractivity contribution in [1.29, 1.82) is 0 Å². The summed E-state index contributed by atoms with van der Waals surface area (Å²) in [6.07, 6.45) is 5.16. The Hall–Kier alpha value is -2.23. The minimum Gasteiger partial charge on any atom is -0.418 e. The van der Waals surface area contributed by atoms with Gasteiger partial charge >= 0.3 is 0 Å². The molecule has 0 atom stereocenters. The van der Waals surface area contributed by atoms with Crippen molar-refractivity contribution in [3.05, 3.63) is 42.4 Å². The second kappa shape index (κ2) is 3.41. The molecule has 0 amide bonds. The summed E-state index contributed by atoms with van der Waals surface area (Å²) in [6, 6.07) is 5.68. The summed E-state index contributed by atoms with van der Waals surface area (Å²) in [7, 11) is 0. The van der Waals surface area contributed by atoms with Crippen LogP contribution >= 0.6 is 0 Å². The van der Waals surface area contributed by atoms with Gasteiger partial charge in [0.05, 0.1) is 5.56 Å². The fourth-order valence-corrected chi connectivity index (χ4v) is 1.56. The summed E-state index contributed by atoms with van der Waals surface area (Å²) in [5.41, 5.74) is 3.30. The Bertz CT molecular complexity index is 631. The Balaban J connectivity index is 2.23. The van der Waals surface area contributed by atoms with Crippen molar-refractivity contribution in [2.45, 2.75) is 6.92 Å². The average Bonchev–Trinajstić information content (AvgIpc) is 2.76. The van der Waals surface area contributed by atoms with Crippen molar-refractivity contribution in [3.63, 3.8) is 0 Å². The van der Waals surface area contributed by atoms with Crippen molar-refractivity contribution in [3.8, 4) is 11.5 Å². The van der Waals surface area contributed by atoms with E-state index in [0.29, 0.717) is 11.6 Å². The van der Waals surface area contributed by atoms with Gasteiger partial charge in [-0.1, -0.05) is 0 Å². The van der Waals surface area contributed by atoms with E-state index in [-0.39, 0.29) is 0 Å². The SMILES string of the molecule is Cc1ccnc2oc(-c3cccnc3)nc12. The number of nitrogens with zero attached hydrogens (tertiary/aromatic N) is 3. The molecule has 0 fully saturated rings. The monoisotopic (exact) mass is 211 g/mol. The Kier molecular flexibility index (Phi) is 1.93. The van der Waals surface area contributed by atoms with Gasteiger partial charge in [0.25, 0.3) is 0 Å². The first-order valence-electron chi connectivity index (χ1n) is 4.97. The van der Waals surface area contributed by atoms with Gasteiger partial charge < -0.3 is 4.42 Å². The molecule has 3 heterocycles. The first-order chi connectivity index (χ1) is 7.84. The van der Waals surface area contributed by atoms with E-state index in [9.17, 15) is 0 Å². The third-order valence-electron chi connectivity index (χ3n) is 2.41. The molecule has 3 rings (SSSR count). The number of hydrogen-bond donors (Lipinski definition) is 0. The number of aromatic nitrogens is 3. The number of rotatable bonds is 1. The van der Waals surface area contributed by atoms with Crippen LogP contribution in [0.4, 0.5) is 0 Å². The molecule has 0 aliphatic heterocycles. The highest BCUT2D eigenvalue weighted by molar-refractivity contribution is 5.75. The van der Waals surface area contributed by atoms with Crippen LogP contribution in [0.5, 0.6) is 0 Å². The summed E-state index contributed by atoms with van der Waals surface area (Å²) in [5, 5.41) is 0. The summed E-state index contributed by atoms with van der Waals surface area (Å²) in [6.45, 7) is 1.99. The zero-order chi connectivity index (χ0) is 11.0. The van der Waals surface area contributed by atoms with Gasteiger partial charge in [-0.05, 0) is 30.7 Å². The van der Waals surface area contributed by atoms with Gasteiger partial charge in [0.15, 0.2) is 0 Å². The lowest BCUT2D eigenvalue weighted by Crippen LogP contribution is -1.79. The summed E-state index contributed by atoms with van der Waals surface area (Å²) < 4.78 is 5.57. The summed E-state index contributed by atoms with van der Waals surface area (Å²) >= 11 is 0. The molecule has 0 unspecified atom stereocenters. The predicted octanol–water partition coefficient (Wildman–Crippen LogP) is 2.59. The molecule has 0 spiro atoms. The minimum atomic E-state index is 0.560. The zero-order valence-electron chi connectivity index (χ0n) is 8.71. The fraction of sp³-hybridized carbons (Fsp3) is 0.0833. The summed E-state index contributed by atoms with van der Waals surface area (Å²) in [4.78, 5) is 12.6. The highest BCUT2D eigenvalue weighted by Gasteiger charge is 2.10. The second-order valence-corrected chi connectivity index (χ2v) is 3.54. The van der Waals surface area contributed by atoms with Gasteiger partial charge in [-0.3, -0.25) is 4.98 Å². The predicted molar refractivity (Wildman–Crippen MR) is 59.8 cm³/mol. The third-order valence-corrected chi connectivity index (χ3v) is 2.41. The number of pyridine rings is 2. The van der Waals surface area contributed by atoms with Crippen LogP contribution in [-0.4, -0.2) is 15.0 Å². The Labute approximate surface area is 92.0 Å². The first-order valence-corrected chi connectivity index (χ1v) is 4.97. The first kappa shape index (κ1) is 9.03. The average molecular weight is 211 g/mol. The fourth-order valence-electron chi connectivity index (χ4n) is 1.56. The molecular formula is C12H9N3O. The molecule has 4 nitrogen and oxygen atoms in total. The lowest BCUT2D eigenvalue weighted by atomic mass is 10.3. The van der Waals surface area contributed by atoms with Crippen molar-refractivity contribution >= 4 is 11.2 Å². The van der Waals surface area contributed by atoms with Gasteiger partial charge in [0, 0.05) is 18.6 Å². The maximum absolute atomic E-state index is 5.57. The van der Waals surface area contributed by atoms with Crippen LogP contribution in [0.1, 0.15) is 5.56 Å². The standard InChI is InChI=1S/C12H9N3O/c1-8-4-6-14-12-10(8)15-11(16-12)9-3-2-5-13-7-9/h2-7H,1H3. The van der Waals surface area contributed by atoms with Crippen LogP contribution in [-0.2, 0) is 0 Å². The zero-order valence-corrected chi connectivity index (χ0v) is 8.71. The number of hydrogen-bond acceptors (Lipinski definition) is 4. The van der Waals surface area contributed by atoms with E-state index in [2.05, 4.69) is 15.0 Å². The van der Waals surface area contributed by atoms with E-state index in [1.165, 1.54) is 0 Å². The molecule has 0 aromatic carbocycles. The highest BCUT2D eigenvalue weighted by Crippen LogP contribution is 2.23. The number of oxazole rings is 1. The Morgan fingerprint density at radius 1 is 1.19 bits per heavy atom. The van der Waals surface area contributed by atoms with Crippen molar-refractivity contribution in [2.24, 2.45) is 0 Å². The van der Waals surface area contributed by atoms with Crippen molar-refractivity contribution in [2.75, 3.05) is 0 Å². The maximum atomic E-state index is 5.57. The van der Waals surface area contributed by atoms with Crippen LogP contribution in [0.3, 0.4) is 0 Å². The van der Waals surface area contributed by atoms with E-state index >= 15 is 0 Å². The van der Waals surface area contributed by atoms with E-state index in [1.54, 1.807) is 18.6 Å². The van der Waals surface area contributed by atoms with Gasteiger partial charge in [0.2, 0.25) is 11.6 Å². The lowest BCUT2D eigenvalue weighted by Gasteiger charge is -1.90. The maximum Gasteiger partial charge on any atom is 0.247 e. The normalized spacial score (nSPS) is 10.8. The van der Waals surface area contributed by atoms with Gasteiger partial charge in [-0.25, -0.2) is 9.97 Å². The van der Waals surface area contributed by atoms with E-state index in [4.69, 9.17) is 4.42 Å². The smallest absolute Gasteiger partial charge is 0.247 e. The van der Waals surface area contributed by atoms with Crippen molar-refractivity contribution < 1.29 is 4.42 Å². The largest absolute Gasteiger partial charge is 0.418 e. The number of aryl methyl sites for hydroxylation is 1. The molecule has 3 aromatic rings. The van der Waals surface area contributed by atoms with E-state index in [1.807, 2.05) is 25.1 Å². The topological polar surface area (TPSA) is 51.8 Å². The number of fused-ring (bicyclic) bond motifs is 1. The molecule has 0 bridgehead atoms. The van der Waals surface area contributed by atoms with E-state index in [0.717, 1.165) is 16.6 Å². The molecule has 78 valence electrons. The molecule has 0 N–H and O–H groups in total. The molecule has 4 heteroatoms. The van der Waals surface area contributed by atoms with Crippen molar-refractivity contribution in [1.82, 2.24) is 15.0 Å². The molecule has 16 heavy (non-hydrogen) atoms. The molecule has 0 saturated carbocycles.